The van der Waals surface area contributed by atoms with Crippen LogP contribution in [0.3, 0.4) is 0 Å². The molecule has 4 heteroatoms. The molecule has 0 aliphatic carbocycles. The van der Waals surface area contributed by atoms with Gasteiger partial charge in [0.25, 0.3) is 0 Å². The number of rotatable bonds is 5. The smallest absolute Gasteiger partial charge is 0.310 e. The molecular formula is C14H13BrO2S. The Morgan fingerprint density at radius 2 is 2.17 bits per heavy atom. The molecule has 1 unspecified atom stereocenters. The van der Waals surface area contributed by atoms with E-state index in [0.29, 0.717) is 6.42 Å². The lowest BCUT2D eigenvalue weighted by Crippen LogP contribution is -2.12. The van der Waals surface area contributed by atoms with Gasteiger partial charge in [-0.2, -0.15) is 0 Å². The number of hydrogen-bond donors (Lipinski definition) is 1. The fourth-order valence-electron chi connectivity index (χ4n) is 1.90. The van der Waals surface area contributed by atoms with Crippen molar-refractivity contribution in [2.75, 3.05) is 0 Å². The van der Waals surface area contributed by atoms with Crippen LogP contribution in [0.2, 0.25) is 0 Å². The van der Waals surface area contributed by atoms with Crippen LogP contribution >= 0.6 is 27.3 Å². The van der Waals surface area contributed by atoms with Gasteiger partial charge < -0.3 is 5.11 Å². The second-order valence-electron chi connectivity index (χ2n) is 4.06. The van der Waals surface area contributed by atoms with Crippen LogP contribution < -0.4 is 0 Å². The summed E-state index contributed by atoms with van der Waals surface area (Å²) in [5.41, 5.74) is 0.855. The van der Waals surface area contributed by atoms with Gasteiger partial charge in [-0.25, -0.2) is 0 Å². The number of carbonyl (C=O) groups is 1. The molecule has 2 rings (SSSR count). The summed E-state index contributed by atoms with van der Waals surface area (Å²) in [5, 5.41) is 11.4. The van der Waals surface area contributed by atoms with E-state index in [9.17, 15) is 9.90 Å². The van der Waals surface area contributed by atoms with Crippen molar-refractivity contribution in [1.82, 2.24) is 0 Å². The Morgan fingerprint density at radius 1 is 1.33 bits per heavy atom. The molecule has 94 valence electrons. The summed E-state index contributed by atoms with van der Waals surface area (Å²) in [5.74, 6) is -1.20. The van der Waals surface area contributed by atoms with Crippen LogP contribution in [0.5, 0.6) is 0 Å². The summed E-state index contributed by atoms with van der Waals surface area (Å²) in [6.45, 7) is 0. The quantitative estimate of drug-likeness (QED) is 0.889. The molecule has 0 saturated carbocycles. The van der Waals surface area contributed by atoms with Gasteiger partial charge in [0.05, 0.1) is 5.92 Å². The largest absolute Gasteiger partial charge is 0.481 e. The van der Waals surface area contributed by atoms with Crippen LogP contribution in [0.4, 0.5) is 0 Å². The number of hydrogen-bond acceptors (Lipinski definition) is 2. The van der Waals surface area contributed by atoms with Gasteiger partial charge in [-0.15, -0.1) is 11.3 Å². The molecule has 0 spiro atoms. The molecule has 0 aliphatic heterocycles. The van der Waals surface area contributed by atoms with Crippen LogP contribution in [0.15, 0.2) is 46.3 Å². The average molecular weight is 325 g/mol. The molecule has 0 amide bonds. The van der Waals surface area contributed by atoms with E-state index >= 15 is 0 Å². The van der Waals surface area contributed by atoms with Crippen molar-refractivity contribution >= 4 is 33.2 Å². The van der Waals surface area contributed by atoms with Gasteiger partial charge in [-0.1, -0.05) is 34.1 Å². The van der Waals surface area contributed by atoms with Crippen molar-refractivity contribution in [3.63, 3.8) is 0 Å². The Bertz CT molecular complexity index is 522. The highest BCUT2D eigenvalue weighted by Gasteiger charge is 2.19. The Labute approximate surface area is 118 Å². The first-order chi connectivity index (χ1) is 8.66. The van der Waals surface area contributed by atoms with Crippen LogP contribution in [0, 0.1) is 0 Å². The van der Waals surface area contributed by atoms with Gasteiger partial charge in [0.15, 0.2) is 0 Å². The highest BCUT2D eigenvalue weighted by molar-refractivity contribution is 9.10. The van der Waals surface area contributed by atoms with Gasteiger partial charge in [-0.05, 0) is 42.0 Å². The second-order valence-corrected chi connectivity index (χ2v) is 6.01. The number of halogens is 1. The van der Waals surface area contributed by atoms with E-state index in [4.69, 9.17) is 0 Å². The molecule has 1 aromatic carbocycles. The third kappa shape index (κ3) is 3.43. The molecule has 0 fully saturated rings. The third-order valence-electron chi connectivity index (χ3n) is 2.81. The molecule has 1 atom stereocenters. The van der Waals surface area contributed by atoms with Crippen molar-refractivity contribution in [2.24, 2.45) is 0 Å². The number of carboxylic acids is 1. The van der Waals surface area contributed by atoms with E-state index in [1.807, 2.05) is 41.8 Å². The maximum absolute atomic E-state index is 11.4. The summed E-state index contributed by atoms with van der Waals surface area (Å²) in [7, 11) is 0. The van der Waals surface area contributed by atoms with Crippen molar-refractivity contribution < 1.29 is 9.90 Å². The van der Waals surface area contributed by atoms with E-state index in [0.717, 1.165) is 16.5 Å². The first-order valence-electron chi connectivity index (χ1n) is 5.67. The van der Waals surface area contributed by atoms with Crippen molar-refractivity contribution in [3.05, 3.63) is 56.7 Å². The van der Waals surface area contributed by atoms with E-state index < -0.39 is 11.9 Å². The van der Waals surface area contributed by atoms with Crippen LogP contribution in [0.25, 0.3) is 0 Å². The topological polar surface area (TPSA) is 37.3 Å². The van der Waals surface area contributed by atoms with Crippen molar-refractivity contribution in [3.8, 4) is 0 Å². The number of aliphatic carboxylic acids is 1. The molecule has 18 heavy (non-hydrogen) atoms. The van der Waals surface area contributed by atoms with Gasteiger partial charge in [0.1, 0.15) is 0 Å². The van der Waals surface area contributed by atoms with Crippen molar-refractivity contribution in [2.45, 2.75) is 18.8 Å². The number of carboxylic acid groups (broad SMARTS) is 1. The summed E-state index contributed by atoms with van der Waals surface area (Å²) in [6, 6.07) is 11.6. The van der Waals surface area contributed by atoms with Crippen LogP contribution in [-0.4, -0.2) is 11.1 Å². The molecule has 2 nitrogen and oxygen atoms in total. The Morgan fingerprint density at radius 3 is 2.78 bits per heavy atom. The predicted octanol–water partition coefficient (Wildman–Crippen LogP) is 4.31. The lowest BCUT2D eigenvalue weighted by molar-refractivity contribution is -0.138. The van der Waals surface area contributed by atoms with Crippen LogP contribution in [-0.2, 0) is 11.2 Å². The summed E-state index contributed by atoms with van der Waals surface area (Å²) >= 11 is 5.05. The molecule has 1 heterocycles. The van der Waals surface area contributed by atoms with Gasteiger partial charge in [0.2, 0.25) is 0 Å². The minimum absolute atomic E-state index is 0.440. The van der Waals surface area contributed by atoms with E-state index in [2.05, 4.69) is 15.9 Å². The minimum Gasteiger partial charge on any atom is -0.481 e. The fraction of sp³-hybridized carbons (Fsp3) is 0.214. The Kier molecular flexibility index (Phi) is 4.55. The van der Waals surface area contributed by atoms with Gasteiger partial charge in [0, 0.05) is 9.35 Å². The van der Waals surface area contributed by atoms with E-state index in [1.165, 1.54) is 4.88 Å². The molecule has 0 aliphatic rings. The zero-order chi connectivity index (χ0) is 13.0. The average Bonchev–Trinajstić information content (AvgIpc) is 2.82. The highest BCUT2D eigenvalue weighted by Crippen LogP contribution is 2.25. The van der Waals surface area contributed by atoms with Gasteiger partial charge >= 0.3 is 5.97 Å². The zero-order valence-corrected chi connectivity index (χ0v) is 12.1. The number of aryl methyl sites for hydroxylation is 1. The fourth-order valence-corrected chi connectivity index (χ4v) is 3.04. The summed E-state index contributed by atoms with van der Waals surface area (Å²) in [6.07, 6.45) is 1.44. The Balaban J connectivity index is 2.11. The maximum Gasteiger partial charge on any atom is 0.310 e. The first-order valence-corrected chi connectivity index (χ1v) is 7.35. The second kappa shape index (κ2) is 6.16. The zero-order valence-electron chi connectivity index (χ0n) is 9.67. The summed E-state index contributed by atoms with van der Waals surface area (Å²) < 4.78 is 0.919. The number of benzene rings is 1. The molecule has 0 saturated heterocycles. The molecule has 0 radical (unpaired) electrons. The SMILES string of the molecule is O=C(O)C(CCc1cccs1)c1cccc(Br)c1. The predicted molar refractivity (Wildman–Crippen MR) is 77.2 cm³/mol. The standard InChI is InChI=1S/C14H13BrO2S/c15-11-4-1-3-10(9-11)13(14(16)17)7-6-12-5-2-8-18-12/h1-5,8-9,13H,6-7H2,(H,16,17). The Hall–Kier alpha value is -1.13. The molecule has 1 aromatic heterocycles. The van der Waals surface area contributed by atoms with Crippen molar-refractivity contribution in [1.29, 1.82) is 0 Å². The lowest BCUT2D eigenvalue weighted by atomic mass is 9.94. The normalized spacial score (nSPS) is 12.3. The minimum atomic E-state index is -0.760. The molecule has 1 N–H and O–H groups in total. The molecular weight excluding hydrogens is 312 g/mol. The third-order valence-corrected chi connectivity index (χ3v) is 4.24. The number of thiophene rings is 1. The monoisotopic (exact) mass is 324 g/mol. The van der Waals surface area contributed by atoms with E-state index in [-0.39, 0.29) is 0 Å². The summed E-state index contributed by atoms with van der Waals surface area (Å²) in [4.78, 5) is 12.6. The van der Waals surface area contributed by atoms with Gasteiger partial charge in [-0.3, -0.25) is 4.79 Å². The highest BCUT2D eigenvalue weighted by atomic mass is 79.9. The molecule has 2 aromatic rings. The van der Waals surface area contributed by atoms with Crippen LogP contribution in [0.1, 0.15) is 22.8 Å². The first kappa shape index (κ1) is 13.3. The maximum atomic E-state index is 11.4. The van der Waals surface area contributed by atoms with E-state index in [1.54, 1.807) is 11.3 Å². The molecule has 0 bridgehead atoms. The lowest BCUT2D eigenvalue weighted by Gasteiger charge is -2.12.